The van der Waals surface area contributed by atoms with Gasteiger partial charge in [0, 0.05) is 17.8 Å². The van der Waals surface area contributed by atoms with E-state index in [1.54, 1.807) is 17.0 Å². The van der Waals surface area contributed by atoms with Crippen molar-refractivity contribution < 1.29 is 4.79 Å². The third kappa shape index (κ3) is 2.16. The van der Waals surface area contributed by atoms with Gasteiger partial charge in [-0.3, -0.25) is 9.69 Å². The Bertz CT molecular complexity index is 410. The minimum Gasteiger partial charge on any atom is -0.296 e. The van der Waals surface area contributed by atoms with E-state index < -0.39 is 0 Å². The average Bonchev–Trinajstić information content (AvgIpc) is 2.50. The van der Waals surface area contributed by atoms with Gasteiger partial charge in [-0.05, 0) is 19.1 Å². The molecule has 0 aromatic carbocycles. The fourth-order valence-electron chi connectivity index (χ4n) is 1.57. The van der Waals surface area contributed by atoms with E-state index >= 15 is 0 Å². The Morgan fingerprint density at radius 2 is 2.33 bits per heavy atom. The quantitative estimate of drug-likeness (QED) is 0.744. The SMILES string of the molecule is Cc1nc(N2CC(Br)CC2=O)ccc1Cl. The van der Waals surface area contributed by atoms with E-state index in [4.69, 9.17) is 11.6 Å². The van der Waals surface area contributed by atoms with E-state index in [0.29, 0.717) is 23.8 Å². The highest BCUT2D eigenvalue weighted by Gasteiger charge is 2.29. The molecule has 1 fully saturated rings. The molecule has 3 nitrogen and oxygen atoms in total. The molecule has 0 radical (unpaired) electrons. The van der Waals surface area contributed by atoms with Crippen LogP contribution >= 0.6 is 27.5 Å². The molecular weight excluding hydrogens is 279 g/mol. The van der Waals surface area contributed by atoms with Crippen molar-refractivity contribution in [3.8, 4) is 0 Å². The first kappa shape index (κ1) is 10.9. The maximum atomic E-state index is 11.6. The number of carbonyl (C=O) groups is 1. The molecule has 1 unspecified atom stereocenters. The van der Waals surface area contributed by atoms with Crippen LogP contribution in [0, 0.1) is 6.92 Å². The van der Waals surface area contributed by atoms with Crippen LogP contribution in [0.3, 0.4) is 0 Å². The Balaban J connectivity index is 2.30. The van der Waals surface area contributed by atoms with Crippen molar-refractivity contribution in [2.75, 3.05) is 11.4 Å². The Labute approximate surface area is 102 Å². The van der Waals surface area contributed by atoms with Gasteiger partial charge in [-0.2, -0.15) is 0 Å². The summed E-state index contributed by atoms with van der Waals surface area (Å²) >= 11 is 9.31. The molecular formula is C10H10BrClN2O. The van der Waals surface area contributed by atoms with Gasteiger partial charge in [0.15, 0.2) is 0 Å². The second kappa shape index (κ2) is 4.10. The first-order valence-electron chi connectivity index (χ1n) is 4.65. The molecule has 1 amide bonds. The summed E-state index contributed by atoms with van der Waals surface area (Å²) in [5.74, 6) is 0.787. The Morgan fingerprint density at radius 3 is 2.87 bits per heavy atom. The summed E-state index contributed by atoms with van der Waals surface area (Å²) in [6.07, 6.45) is 0.531. The number of alkyl halides is 1. The number of aryl methyl sites for hydroxylation is 1. The van der Waals surface area contributed by atoms with Crippen LogP contribution in [0.1, 0.15) is 12.1 Å². The molecule has 0 aliphatic carbocycles. The molecule has 1 aromatic heterocycles. The number of aromatic nitrogens is 1. The average molecular weight is 290 g/mol. The van der Waals surface area contributed by atoms with Gasteiger partial charge in [-0.15, -0.1) is 0 Å². The Morgan fingerprint density at radius 1 is 1.60 bits per heavy atom. The van der Waals surface area contributed by atoms with Crippen molar-refractivity contribution >= 4 is 39.3 Å². The molecule has 1 aromatic rings. The fraction of sp³-hybridized carbons (Fsp3) is 0.400. The number of carbonyl (C=O) groups excluding carboxylic acids is 1. The number of pyridine rings is 1. The van der Waals surface area contributed by atoms with Gasteiger partial charge < -0.3 is 0 Å². The van der Waals surface area contributed by atoms with Crippen LogP contribution in [0.2, 0.25) is 5.02 Å². The zero-order valence-corrected chi connectivity index (χ0v) is 10.5. The summed E-state index contributed by atoms with van der Waals surface area (Å²) in [5.41, 5.74) is 0.750. The lowest BCUT2D eigenvalue weighted by atomic mass is 10.3. The molecule has 1 atom stereocenters. The van der Waals surface area contributed by atoms with Crippen LogP contribution in [-0.4, -0.2) is 22.3 Å². The van der Waals surface area contributed by atoms with Crippen LogP contribution in [0.5, 0.6) is 0 Å². The lowest BCUT2D eigenvalue weighted by molar-refractivity contribution is -0.117. The van der Waals surface area contributed by atoms with Gasteiger partial charge in [0.2, 0.25) is 5.91 Å². The third-order valence-electron chi connectivity index (χ3n) is 2.36. The maximum Gasteiger partial charge on any atom is 0.229 e. The maximum absolute atomic E-state index is 11.6. The summed E-state index contributed by atoms with van der Waals surface area (Å²) < 4.78 is 0. The lowest BCUT2D eigenvalue weighted by Crippen LogP contribution is -2.25. The largest absolute Gasteiger partial charge is 0.296 e. The van der Waals surface area contributed by atoms with Gasteiger partial charge in [-0.1, -0.05) is 27.5 Å². The summed E-state index contributed by atoms with van der Waals surface area (Å²) in [6, 6.07) is 3.55. The van der Waals surface area contributed by atoms with E-state index in [0.717, 1.165) is 5.69 Å². The smallest absolute Gasteiger partial charge is 0.229 e. The lowest BCUT2D eigenvalue weighted by Gasteiger charge is -2.15. The zero-order valence-electron chi connectivity index (χ0n) is 8.20. The molecule has 0 spiro atoms. The fourth-order valence-corrected chi connectivity index (χ4v) is 2.24. The van der Waals surface area contributed by atoms with E-state index in [9.17, 15) is 4.79 Å². The number of hydrogen-bond acceptors (Lipinski definition) is 2. The minimum absolute atomic E-state index is 0.103. The van der Waals surface area contributed by atoms with Gasteiger partial charge in [0.25, 0.3) is 0 Å². The van der Waals surface area contributed by atoms with Gasteiger partial charge >= 0.3 is 0 Å². The van der Waals surface area contributed by atoms with Crippen LogP contribution in [0.25, 0.3) is 0 Å². The topological polar surface area (TPSA) is 33.2 Å². The van der Waals surface area contributed by atoms with Gasteiger partial charge in [0.05, 0.1) is 10.7 Å². The monoisotopic (exact) mass is 288 g/mol. The number of amides is 1. The minimum atomic E-state index is 0.103. The molecule has 2 rings (SSSR count). The number of halogens is 2. The molecule has 0 saturated carbocycles. The second-order valence-electron chi connectivity index (χ2n) is 3.54. The highest BCUT2D eigenvalue weighted by Crippen LogP contribution is 2.25. The number of anilines is 1. The van der Waals surface area contributed by atoms with E-state index in [1.165, 1.54) is 0 Å². The predicted molar refractivity (Wildman–Crippen MR) is 63.7 cm³/mol. The van der Waals surface area contributed by atoms with Gasteiger partial charge in [-0.25, -0.2) is 4.98 Å². The standard InChI is InChI=1S/C10H10BrClN2O/c1-6-8(12)2-3-9(13-6)14-5-7(11)4-10(14)15/h2-3,7H,4-5H2,1H3. The second-order valence-corrected chi connectivity index (χ2v) is 5.24. The van der Waals surface area contributed by atoms with Crippen LogP contribution < -0.4 is 4.90 Å². The van der Waals surface area contributed by atoms with Crippen molar-refractivity contribution in [1.82, 2.24) is 4.98 Å². The number of hydrogen-bond donors (Lipinski definition) is 0. The summed E-state index contributed by atoms with van der Waals surface area (Å²) in [7, 11) is 0. The molecule has 5 heteroatoms. The number of nitrogens with zero attached hydrogens (tertiary/aromatic N) is 2. The van der Waals surface area contributed by atoms with E-state index in [1.807, 2.05) is 6.92 Å². The molecule has 0 N–H and O–H groups in total. The summed E-state index contributed by atoms with van der Waals surface area (Å²) in [5, 5.41) is 0.626. The third-order valence-corrected chi connectivity index (χ3v) is 3.37. The molecule has 1 saturated heterocycles. The summed E-state index contributed by atoms with van der Waals surface area (Å²) in [4.78, 5) is 17.8. The van der Waals surface area contributed by atoms with E-state index in [2.05, 4.69) is 20.9 Å². The van der Waals surface area contributed by atoms with Crippen molar-refractivity contribution in [3.63, 3.8) is 0 Å². The molecule has 80 valence electrons. The van der Waals surface area contributed by atoms with Crippen LogP contribution in [0.15, 0.2) is 12.1 Å². The molecule has 0 bridgehead atoms. The van der Waals surface area contributed by atoms with E-state index in [-0.39, 0.29) is 10.7 Å². The molecule has 1 aliphatic rings. The summed E-state index contributed by atoms with van der Waals surface area (Å²) in [6.45, 7) is 2.50. The normalized spacial score (nSPS) is 21.1. The van der Waals surface area contributed by atoms with Crippen molar-refractivity contribution in [2.45, 2.75) is 18.2 Å². The van der Waals surface area contributed by atoms with Gasteiger partial charge in [0.1, 0.15) is 5.82 Å². The molecule has 2 heterocycles. The first-order valence-corrected chi connectivity index (χ1v) is 5.95. The first-order chi connectivity index (χ1) is 7.08. The highest BCUT2D eigenvalue weighted by atomic mass is 79.9. The Hall–Kier alpha value is -0.610. The van der Waals surface area contributed by atoms with Crippen LogP contribution in [-0.2, 0) is 4.79 Å². The van der Waals surface area contributed by atoms with Crippen LogP contribution in [0.4, 0.5) is 5.82 Å². The van der Waals surface area contributed by atoms with Crippen molar-refractivity contribution in [1.29, 1.82) is 0 Å². The number of rotatable bonds is 1. The predicted octanol–water partition coefficient (Wildman–Crippen LogP) is 2.54. The van der Waals surface area contributed by atoms with Crippen molar-refractivity contribution in [3.05, 3.63) is 22.8 Å². The Kier molecular flexibility index (Phi) is 2.98. The molecule has 1 aliphatic heterocycles. The zero-order chi connectivity index (χ0) is 11.0. The van der Waals surface area contributed by atoms with Crippen molar-refractivity contribution in [2.24, 2.45) is 0 Å². The highest BCUT2D eigenvalue weighted by molar-refractivity contribution is 9.09. The molecule has 15 heavy (non-hydrogen) atoms.